The molecule has 1 fully saturated rings. The van der Waals surface area contributed by atoms with E-state index < -0.39 is 0 Å². The van der Waals surface area contributed by atoms with E-state index in [0.29, 0.717) is 19.1 Å². The Morgan fingerprint density at radius 2 is 2.00 bits per heavy atom. The van der Waals surface area contributed by atoms with Crippen LogP contribution < -0.4 is 10.1 Å². The third-order valence-electron chi connectivity index (χ3n) is 3.77. The number of hydrogen-bond donors (Lipinski definition) is 1. The van der Waals surface area contributed by atoms with Crippen LogP contribution in [0.4, 0.5) is 0 Å². The van der Waals surface area contributed by atoms with Crippen LogP contribution in [0, 0.1) is 12.8 Å². The van der Waals surface area contributed by atoms with Crippen LogP contribution in [0.2, 0.25) is 0 Å². The van der Waals surface area contributed by atoms with Crippen LogP contribution in [0.1, 0.15) is 44.2 Å². The first-order chi connectivity index (χ1) is 10.2. The van der Waals surface area contributed by atoms with Crippen LogP contribution in [0.15, 0.2) is 18.2 Å². The Morgan fingerprint density at radius 1 is 1.19 bits per heavy atom. The number of para-hydroxylation sites is 1. The second-order valence-corrected chi connectivity index (χ2v) is 6.36. The molecule has 0 atom stereocenters. The number of benzene rings is 1. The molecule has 1 aromatic rings. The maximum absolute atomic E-state index is 5.96. The van der Waals surface area contributed by atoms with Crippen molar-refractivity contribution in [2.75, 3.05) is 19.8 Å². The Kier molecular flexibility index (Phi) is 6.52. The minimum atomic E-state index is 0.624. The molecule has 1 aliphatic rings. The summed E-state index contributed by atoms with van der Waals surface area (Å²) in [6.45, 7) is 9.55. The first-order valence-electron chi connectivity index (χ1n) is 8.19. The third-order valence-corrected chi connectivity index (χ3v) is 3.77. The van der Waals surface area contributed by atoms with Crippen molar-refractivity contribution in [1.29, 1.82) is 0 Å². The Labute approximate surface area is 129 Å². The average molecular weight is 291 g/mol. The lowest BCUT2D eigenvalue weighted by Gasteiger charge is -2.15. The van der Waals surface area contributed by atoms with Crippen molar-refractivity contribution in [2.45, 2.75) is 52.6 Å². The van der Waals surface area contributed by atoms with Crippen molar-refractivity contribution in [3.05, 3.63) is 29.3 Å². The van der Waals surface area contributed by atoms with Gasteiger partial charge in [-0.25, -0.2) is 0 Å². The second kappa shape index (κ2) is 8.40. The largest absolute Gasteiger partial charge is 0.491 e. The fourth-order valence-electron chi connectivity index (χ4n) is 2.22. The van der Waals surface area contributed by atoms with Crippen LogP contribution in [0.25, 0.3) is 0 Å². The highest BCUT2D eigenvalue weighted by Gasteiger charge is 2.20. The molecule has 1 aliphatic carbocycles. The van der Waals surface area contributed by atoms with E-state index in [1.54, 1.807) is 0 Å². The van der Waals surface area contributed by atoms with Gasteiger partial charge in [0.2, 0.25) is 0 Å². The third kappa shape index (κ3) is 6.06. The summed E-state index contributed by atoms with van der Waals surface area (Å²) in [4.78, 5) is 0. The van der Waals surface area contributed by atoms with Crippen molar-refractivity contribution >= 4 is 0 Å². The van der Waals surface area contributed by atoms with E-state index in [9.17, 15) is 0 Å². The van der Waals surface area contributed by atoms with Crippen molar-refractivity contribution in [1.82, 2.24) is 5.32 Å². The zero-order valence-corrected chi connectivity index (χ0v) is 13.7. The van der Waals surface area contributed by atoms with Gasteiger partial charge >= 0.3 is 0 Å². The first kappa shape index (κ1) is 16.3. The van der Waals surface area contributed by atoms with E-state index in [1.807, 2.05) is 0 Å². The van der Waals surface area contributed by atoms with Gasteiger partial charge < -0.3 is 14.8 Å². The first-order valence-corrected chi connectivity index (χ1v) is 8.19. The summed E-state index contributed by atoms with van der Waals surface area (Å²) >= 11 is 0. The van der Waals surface area contributed by atoms with Gasteiger partial charge in [-0.15, -0.1) is 0 Å². The number of hydrogen-bond acceptors (Lipinski definition) is 3. The van der Waals surface area contributed by atoms with Crippen molar-refractivity contribution < 1.29 is 9.47 Å². The molecule has 0 amide bonds. The molecule has 0 bridgehead atoms. The van der Waals surface area contributed by atoms with Crippen LogP contribution >= 0.6 is 0 Å². The molecule has 0 spiro atoms. The van der Waals surface area contributed by atoms with Crippen molar-refractivity contribution in [3.63, 3.8) is 0 Å². The summed E-state index contributed by atoms with van der Waals surface area (Å²) in [6, 6.07) is 7.08. The Balaban J connectivity index is 1.75. The fourth-order valence-corrected chi connectivity index (χ4v) is 2.22. The molecule has 21 heavy (non-hydrogen) atoms. The molecule has 118 valence electrons. The zero-order valence-electron chi connectivity index (χ0n) is 13.7. The molecule has 0 aliphatic heterocycles. The lowest BCUT2D eigenvalue weighted by molar-refractivity contribution is 0.0920. The number of aryl methyl sites for hydroxylation is 1. The van der Waals surface area contributed by atoms with Gasteiger partial charge in [-0.05, 0) is 37.7 Å². The standard InChI is InChI=1S/C18H29NO2/c1-14(2)9-10-20-11-12-21-18-15(3)5-4-6-16(18)13-19-17-7-8-17/h4-6,14,17,19H,7-13H2,1-3H3. The number of nitrogens with one attached hydrogen (secondary N) is 1. The molecular formula is C18H29NO2. The molecule has 2 rings (SSSR count). The molecule has 1 saturated carbocycles. The van der Waals surface area contributed by atoms with E-state index in [0.717, 1.165) is 31.4 Å². The average Bonchev–Trinajstić information content (AvgIpc) is 3.26. The van der Waals surface area contributed by atoms with E-state index in [2.05, 4.69) is 44.3 Å². The molecule has 0 unspecified atom stereocenters. The van der Waals surface area contributed by atoms with Crippen LogP contribution in [0.3, 0.4) is 0 Å². The highest BCUT2D eigenvalue weighted by Crippen LogP contribution is 2.25. The maximum atomic E-state index is 5.96. The van der Waals surface area contributed by atoms with Crippen LogP contribution in [-0.4, -0.2) is 25.9 Å². The van der Waals surface area contributed by atoms with Gasteiger partial charge in [0.05, 0.1) is 6.61 Å². The van der Waals surface area contributed by atoms with Crippen LogP contribution in [0.5, 0.6) is 5.75 Å². The lowest BCUT2D eigenvalue weighted by Crippen LogP contribution is -2.17. The minimum absolute atomic E-state index is 0.624. The predicted molar refractivity (Wildman–Crippen MR) is 86.8 cm³/mol. The molecule has 0 heterocycles. The topological polar surface area (TPSA) is 30.5 Å². The summed E-state index contributed by atoms with van der Waals surface area (Å²) in [5.74, 6) is 1.72. The van der Waals surface area contributed by atoms with E-state index >= 15 is 0 Å². The SMILES string of the molecule is Cc1cccc(CNC2CC2)c1OCCOCCC(C)C. The quantitative estimate of drug-likeness (QED) is 0.667. The predicted octanol–water partition coefficient (Wildman–Crippen LogP) is 3.69. The van der Waals surface area contributed by atoms with Gasteiger partial charge in [0, 0.05) is 24.8 Å². The normalized spacial score (nSPS) is 14.7. The second-order valence-electron chi connectivity index (χ2n) is 6.36. The zero-order chi connectivity index (χ0) is 15.1. The van der Waals surface area contributed by atoms with E-state index in [-0.39, 0.29) is 0 Å². The summed E-state index contributed by atoms with van der Waals surface area (Å²) < 4.78 is 11.6. The monoisotopic (exact) mass is 291 g/mol. The number of ether oxygens (including phenoxy) is 2. The lowest BCUT2D eigenvalue weighted by atomic mass is 10.1. The molecule has 1 N–H and O–H groups in total. The summed E-state index contributed by atoms with van der Waals surface area (Å²) in [6.07, 6.45) is 3.73. The minimum Gasteiger partial charge on any atom is -0.491 e. The fraction of sp³-hybridized carbons (Fsp3) is 0.667. The van der Waals surface area contributed by atoms with Crippen molar-refractivity contribution in [3.8, 4) is 5.75 Å². The molecule has 0 aromatic heterocycles. The molecule has 1 aromatic carbocycles. The van der Waals surface area contributed by atoms with Crippen molar-refractivity contribution in [2.24, 2.45) is 5.92 Å². The molecule has 3 heteroatoms. The molecule has 0 saturated heterocycles. The summed E-state index contributed by atoms with van der Waals surface area (Å²) in [7, 11) is 0. The van der Waals surface area contributed by atoms with Gasteiger partial charge in [-0.2, -0.15) is 0 Å². The van der Waals surface area contributed by atoms with Gasteiger partial charge in [-0.1, -0.05) is 32.0 Å². The highest BCUT2D eigenvalue weighted by molar-refractivity contribution is 5.40. The number of rotatable bonds is 10. The smallest absolute Gasteiger partial charge is 0.126 e. The molecular weight excluding hydrogens is 262 g/mol. The molecule has 0 radical (unpaired) electrons. The summed E-state index contributed by atoms with van der Waals surface area (Å²) in [5, 5.41) is 3.55. The van der Waals surface area contributed by atoms with Gasteiger partial charge in [0.15, 0.2) is 0 Å². The van der Waals surface area contributed by atoms with Gasteiger partial charge in [0.25, 0.3) is 0 Å². The van der Waals surface area contributed by atoms with Crippen LogP contribution in [-0.2, 0) is 11.3 Å². The Morgan fingerprint density at radius 3 is 2.71 bits per heavy atom. The van der Waals surface area contributed by atoms with E-state index in [1.165, 1.54) is 24.0 Å². The van der Waals surface area contributed by atoms with Gasteiger partial charge in [-0.3, -0.25) is 0 Å². The highest BCUT2D eigenvalue weighted by atomic mass is 16.5. The maximum Gasteiger partial charge on any atom is 0.126 e. The Hall–Kier alpha value is -1.06. The summed E-state index contributed by atoms with van der Waals surface area (Å²) in [5.41, 5.74) is 2.45. The Bertz CT molecular complexity index is 427. The van der Waals surface area contributed by atoms with Gasteiger partial charge in [0.1, 0.15) is 12.4 Å². The van der Waals surface area contributed by atoms with E-state index in [4.69, 9.17) is 9.47 Å². The molecule has 3 nitrogen and oxygen atoms in total.